The molecule has 0 bridgehead atoms. The van der Waals surface area contributed by atoms with Gasteiger partial charge in [0.15, 0.2) is 5.82 Å². The van der Waals surface area contributed by atoms with Crippen LogP contribution in [0.5, 0.6) is 0 Å². The second-order valence-electron chi connectivity index (χ2n) is 7.66. The van der Waals surface area contributed by atoms with Crippen molar-refractivity contribution in [2.75, 3.05) is 31.2 Å². The summed E-state index contributed by atoms with van der Waals surface area (Å²) in [6.45, 7) is 4.70. The summed E-state index contributed by atoms with van der Waals surface area (Å²) in [6, 6.07) is 5.51. The molecule has 8 heteroatoms. The predicted octanol–water partition coefficient (Wildman–Crippen LogP) is 3.20. The highest BCUT2D eigenvalue weighted by molar-refractivity contribution is 6.43. The maximum atomic E-state index is 9.95. The molecule has 2 aromatic rings. The first-order valence-corrected chi connectivity index (χ1v) is 10.2. The number of benzene rings is 1. The van der Waals surface area contributed by atoms with Gasteiger partial charge in [-0.3, -0.25) is 0 Å². The number of hydrogen-bond acceptors (Lipinski definition) is 6. The fourth-order valence-electron chi connectivity index (χ4n) is 4.20. The summed E-state index contributed by atoms with van der Waals surface area (Å²) in [6.07, 6.45) is 1.89. The van der Waals surface area contributed by atoms with E-state index in [0.717, 1.165) is 44.0 Å². The van der Waals surface area contributed by atoms with Crippen LogP contribution in [0.1, 0.15) is 24.2 Å². The van der Waals surface area contributed by atoms with Crippen LogP contribution in [0.15, 0.2) is 18.2 Å². The van der Waals surface area contributed by atoms with Gasteiger partial charge in [0.05, 0.1) is 41.3 Å². The van der Waals surface area contributed by atoms with E-state index in [9.17, 15) is 5.11 Å². The molecule has 0 amide bonds. The first-order valence-electron chi connectivity index (χ1n) is 9.46. The van der Waals surface area contributed by atoms with Crippen LogP contribution in [0.4, 0.5) is 5.82 Å². The Hall–Kier alpha value is -1.44. The molecule has 1 spiro atoms. The van der Waals surface area contributed by atoms with Crippen molar-refractivity contribution in [3.8, 4) is 11.3 Å². The molecule has 150 valence electrons. The average molecular weight is 423 g/mol. The van der Waals surface area contributed by atoms with E-state index in [2.05, 4.69) is 4.90 Å². The van der Waals surface area contributed by atoms with Gasteiger partial charge < -0.3 is 20.5 Å². The van der Waals surface area contributed by atoms with Crippen molar-refractivity contribution in [2.24, 2.45) is 11.1 Å². The molecule has 4 rings (SSSR count). The van der Waals surface area contributed by atoms with E-state index < -0.39 is 0 Å². The van der Waals surface area contributed by atoms with Crippen LogP contribution in [-0.4, -0.2) is 47.4 Å². The van der Waals surface area contributed by atoms with Crippen LogP contribution in [0.3, 0.4) is 0 Å². The fraction of sp³-hybridized carbons (Fsp3) is 0.500. The lowest BCUT2D eigenvalue weighted by Crippen LogP contribution is -2.49. The van der Waals surface area contributed by atoms with E-state index in [1.54, 1.807) is 6.07 Å². The zero-order valence-electron chi connectivity index (χ0n) is 15.8. The highest BCUT2D eigenvalue weighted by Crippen LogP contribution is 2.40. The van der Waals surface area contributed by atoms with Gasteiger partial charge in [0.25, 0.3) is 0 Å². The monoisotopic (exact) mass is 422 g/mol. The third-order valence-corrected chi connectivity index (χ3v) is 6.83. The Labute approximate surface area is 174 Å². The highest BCUT2D eigenvalue weighted by Gasteiger charge is 2.44. The van der Waals surface area contributed by atoms with Gasteiger partial charge in [0, 0.05) is 30.1 Å². The lowest BCUT2D eigenvalue weighted by molar-refractivity contribution is 0.131. The SMILES string of the molecule is Cc1nc(N2CCC3(CC2)COC[C@H]3N)c(CO)nc1-c1cccc(Cl)c1Cl. The van der Waals surface area contributed by atoms with Crippen molar-refractivity contribution in [2.45, 2.75) is 32.4 Å². The molecule has 0 saturated carbocycles. The standard InChI is InChI=1S/C20H24Cl2N4O2/c1-12-18(13-3-2-4-14(21)17(13)22)25-15(9-27)19(24-12)26-7-5-20(6-8-26)11-28-10-16(20)23/h2-4,16,27H,5-11,23H2,1H3/t16-/m1/s1. The number of nitrogens with zero attached hydrogens (tertiary/aromatic N) is 3. The fourth-order valence-corrected chi connectivity index (χ4v) is 4.59. The Kier molecular flexibility index (Phi) is 5.51. The van der Waals surface area contributed by atoms with Crippen LogP contribution in [0.25, 0.3) is 11.3 Å². The maximum absolute atomic E-state index is 9.95. The number of aryl methyl sites for hydroxylation is 1. The van der Waals surface area contributed by atoms with E-state index in [1.165, 1.54) is 0 Å². The Balaban J connectivity index is 1.64. The zero-order chi connectivity index (χ0) is 19.9. The van der Waals surface area contributed by atoms with Crippen LogP contribution in [0.2, 0.25) is 10.0 Å². The number of aromatic nitrogens is 2. The summed E-state index contributed by atoms with van der Waals surface area (Å²) in [5, 5.41) is 10.9. The van der Waals surface area contributed by atoms with Gasteiger partial charge in [0.2, 0.25) is 0 Å². The molecule has 3 heterocycles. The number of halogens is 2. The normalized spacial score (nSPS) is 21.5. The van der Waals surface area contributed by atoms with Gasteiger partial charge in [-0.05, 0) is 25.8 Å². The summed E-state index contributed by atoms with van der Waals surface area (Å²) in [5.74, 6) is 0.726. The number of piperidine rings is 1. The number of aliphatic hydroxyl groups excluding tert-OH is 1. The molecular weight excluding hydrogens is 399 g/mol. The molecule has 0 radical (unpaired) electrons. The first-order chi connectivity index (χ1) is 13.4. The average Bonchev–Trinajstić information content (AvgIpc) is 3.04. The number of nitrogens with two attached hydrogens (primary N) is 1. The zero-order valence-corrected chi connectivity index (χ0v) is 17.3. The van der Waals surface area contributed by atoms with Crippen molar-refractivity contribution in [3.63, 3.8) is 0 Å². The molecular formula is C20H24Cl2N4O2. The molecule has 6 nitrogen and oxygen atoms in total. The van der Waals surface area contributed by atoms with Gasteiger partial charge in [-0.15, -0.1) is 0 Å². The van der Waals surface area contributed by atoms with Crippen molar-refractivity contribution >= 4 is 29.0 Å². The second kappa shape index (κ2) is 7.76. The molecule has 2 saturated heterocycles. The van der Waals surface area contributed by atoms with Crippen LogP contribution >= 0.6 is 23.2 Å². The predicted molar refractivity (Wildman–Crippen MR) is 111 cm³/mol. The topological polar surface area (TPSA) is 84.5 Å². The van der Waals surface area contributed by atoms with E-state index in [-0.39, 0.29) is 18.1 Å². The Bertz CT molecular complexity index is 885. The van der Waals surface area contributed by atoms with Gasteiger partial charge >= 0.3 is 0 Å². The van der Waals surface area contributed by atoms with Crippen molar-refractivity contribution in [1.29, 1.82) is 0 Å². The molecule has 1 atom stereocenters. The number of hydrogen-bond donors (Lipinski definition) is 2. The van der Waals surface area contributed by atoms with Crippen LogP contribution < -0.4 is 10.6 Å². The summed E-state index contributed by atoms with van der Waals surface area (Å²) >= 11 is 12.5. The van der Waals surface area contributed by atoms with Crippen LogP contribution in [-0.2, 0) is 11.3 Å². The quantitative estimate of drug-likeness (QED) is 0.789. The molecule has 1 aromatic carbocycles. The molecule has 2 fully saturated rings. The summed E-state index contributed by atoms with van der Waals surface area (Å²) < 4.78 is 5.61. The highest BCUT2D eigenvalue weighted by atomic mass is 35.5. The van der Waals surface area contributed by atoms with Gasteiger partial charge in [-0.25, -0.2) is 9.97 Å². The molecule has 2 aliphatic heterocycles. The number of rotatable bonds is 3. The van der Waals surface area contributed by atoms with E-state index in [1.807, 2.05) is 19.1 Å². The minimum absolute atomic E-state index is 0.0621. The Morgan fingerprint density at radius 1 is 1.29 bits per heavy atom. The molecule has 2 aliphatic rings. The summed E-state index contributed by atoms with van der Waals surface area (Å²) in [5.41, 5.74) is 8.99. The maximum Gasteiger partial charge on any atom is 0.153 e. The molecule has 28 heavy (non-hydrogen) atoms. The molecule has 0 unspecified atom stereocenters. The number of anilines is 1. The summed E-state index contributed by atoms with van der Waals surface area (Å²) in [7, 11) is 0. The van der Waals surface area contributed by atoms with Crippen molar-refractivity contribution in [3.05, 3.63) is 39.6 Å². The number of ether oxygens (including phenoxy) is 1. The molecule has 0 aliphatic carbocycles. The summed E-state index contributed by atoms with van der Waals surface area (Å²) in [4.78, 5) is 11.7. The van der Waals surface area contributed by atoms with Crippen molar-refractivity contribution < 1.29 is 9.84 Å². The van der Waals surface area contributed by atoms with Gasteiger partial charge in [-0.2, -0.15) is 0 Å². The minimum atomic E-state index is -0.196. The Morgan fingerprint density at radius 2 is 2.04 bits per heavy atom. The van der Waals surface area contributed by atoms with E-state index in [4.69, 9.17) is 43.6 Å². The first kappa shape index (κ1) is 19.9. The molecule has 1 aromatic heterocycles. The largest absolute Gasteiger partial charge is 0.390 e. The molecule has 3 N–H and O–H groups in total. The van der Waals surface area contributed by atoms with Gasteiger partial charge in [0.1, 0.15) is 5.69 Å². The third-order valence-electron chi connectivity index (χ3n) is 6.01. The third kappa shape index (κ3) is 3.37. The van der Waals surface area contributed by atoms with Crippen LogP contribution in [0, 0.1) is 12.3 Å². The lowest BCUT2D eigenvalue weighted by atomic mass is 9.75. The minimum Gasteiger partial charge on any atom is -0.390 e. The van der Waals surface area contributed by atoms with E-state index in [0.29, 0.717) is 33.6 Å². The van der Waals surface area contributed by atoms with Gasteiger partial charge in [-0.1, -0.05) is 35.3 Å². The smallest absolute Gasteiger partial charge is 0.153 e. The van der Waals surface area contributed by atoms with E-state index >= 15 is 0 Å². The number of aliphatic hydroxyl groups is 1. The Morgan fingerprint density at radius 3 is 2.68 bits per heavy atom. The second-order valence-corrected chi connectivity index (χ2v) is 8.44. The van der Waals surface area contributed by atoms with Crippen molar-refractivity contribution in [1.82, 2.24) is 9.97 Å². The lowest BCUT2D eigenvalue weighted by Gasteiger charge is -2.41.